The van der Waals surface area contributed by atoms with Gasteiger partial charge in [0.2, 0.25) is 29.5 Å². The number of likely N-dealkylation sites (tertiary alicyclic amines) is 1. The SMILES string of the molecule is CC(N)C(=O)NCC(=O)NC(C)C(=O)NC(C)C(=O)N1CCCC1C(=O)NCC(=O)O. The molecule has 13 heteroatoms. The van der Waals surface area contributed by atoms with Crippen LogP contribution in [0.5, 0.6) is 0 Å². The summed E-state index contributed by atoms with van der Waals surface area (Å²) >= 11 is 0. The van der Waals surface area contributed by atoms with E-state index in [0.717, 1.165) is 0 Å². The lowest BCUT2D eigenvalue weighted by molar-refractivity contribution is -0.142. The molecule has 174 valence electrons. The second-order valence-electron chi connectivity index (χ2n) is 7.33. The topological polar surface area (TPSA) is 200 Å². The second-order valence-corrected chi connectivity index (χ2v) is 7.33. The molecule has 1 heterocycles. The minimum absolute atomic E-state index is 0.301. The lowest BCUT2D eigenvalue weighted by atomic mass is 10.2. The van der Waals surface area contributed by atoms with E-state index in [1.165, 1.54) is 25.7 Å². The molecule has 1 rings (SSSR count). The van der Waals surface area contributed by atoms with Crippen LogP contribution in [0.15, 0.2) is 0 Å². The van der Waals surface area contributed by atoms with Gasteiger partial charge in [0.1, 0.15) is 24.7 Å². The van der Waals surface area contributed by atoms with Crippen molar-refractivity contribution in [2.75, 3.05) is 19.6 Å². The molecule has 0 spiro atoms. The highest BCUT2D eigenvalue weighted by Gasteiger charge is 2.36. The first kappa shape index (κ1) is 25.8. The largest absolute Gasteiger partial charge is 0.480 e. The van der Waals surface area contributed by atoms with E-state index >= 15 is 0 Å². The molecule has 4 unspecified atom stereocenters. The number of nitrogens with one attached hydrogen (secondary N) is 4. The molecule has 13 nitrogen and oxygen atoms in total. The molecule has 31 heavy (non-hydrogen) atoms. The van der Waals surface area contributed by atoms with Gasteiger partial charge in [0.25, 0.3) is 0 Å². The zero-order valence-electron chi connectivity index (χ0n) is 17.8. The monoisotopic (exact) mass is 442 g/mol. The van der Waals surface area contributed by atoms with Crippen LogP contribution in [0.25, 0.3) is 0 Å². The van der Waals surface area contributed by atoms with Crippen molar-refractivity contribution >= 4 is 35.5 Å². The Morgan fingerprint density at radius 2 is 1.61 bits per heavy atom. The minimum atomic E-state index is -1.20. The van der Waals surface area contributed by atoms with E-state index in [4.69, 9.17) is 10.8 Å². The van der Waals surface area contributed by atoms with Gasteiger partial charge in [0, 0.05) is 6.54 Å². The smallest absolute Gasteiger partial charge is 0.322 e. The molecule has 1 aliphatic heterocycles. The lowest BCUT2D eigenvalue weighted by Crippen LogP contribution is -2.56. The summed E-state index contributed by atoms with van der Waals surface area (Å²) in [6, 6.07) is -3.54. The first-order chi connectivity index (χ1) is 14.4. The Hall–Kier alpha value is -3.22. The van der Waals surface area contributed by atoms with Crippen LogP contribution in [0, 0.1) is 0 Å². The number of rotatable bonds is 10. The fourth-order valence-corrected chi connectivity index (χ4v) is 2.92. The molecule has 0 radical (unpaired) electrons. The molecule has 0 aromatic heterocycles. The fourth-order valence-electron chi connectivity index (χ4n) is 2.92. The van der Waals surface area contributed by atoms with Gasteiger partial charge in [0.15, 0.2) is 0 Å². The molecular formula is C18H30N6O7. The third-order valence-corrected chi connectivity index (χ3v) is 4.59. The van der Waals surface area contributed by atoms with Gasteiger partial charge in [-0.1, -0.05) is 0 Å². The quantitative estimate of drug-likeness (QED) is 0.201. The van der Waals surface area contributed by atoms with Crippen molar-refractivity contribution in [3.8, 4) is 0 Å². The van der Waals surface area contributed by atoms with E-state index in [1.807, 2.05) is 0 Å². The van der Waals surface area contributed by atoms with Gasteiger partial charge in [-0.2, -0.15) is 0 Å². The van der Waals surface area contributed by atoms with Crippen LogP contribution in [0.1, 0.15) is 33.6 Å². The Bertz CT molecular complexity index is 726. The van der Waals surface area contributed by atoms with Crippen molar-refractivity contribution in [2.45, 2.75) is 57.8 Å². The number of carbonyl (C=O) groups excluding carboxylic acids is 5. The highest BCUT2D eigenvalue weighted by Crippen LogP contribution is 2.18. The first-order valence-electron chi connectivity index (χ1n) is 9.87. The summed E-state index contributed by atoms with van der Waals surface area (Å²) in [5, 5.41) is 18.1. The van der Waals surface area contributed by atoms with Crippen LogP contribution >= 0.6 is 0 Å². The minimum Gasteiger partial charge on any atom is -0.480 e. The summed E-state index contributed by atoms with van der Waals surface area (Å²) in [4.78, 5) is 72.2. The van der Waals surface area contributed by atoms with Crippen molar-refractivity contribution in [1.82, 2.24) is 26.2 Å². The molecule has 1 saturated heterocycles. The van der Waals surface area contributed by atoms with Gasteiger partial charge in [-0.3, -0.25) is 28.8 Å². The average molecular weight is 442 g/mol. The third-order valence-electron chi connectivity index (χ3n) is 4.59. The summed E-state index contributed by atoms with van der Waals surface area (Å²) < 4.78 is 0. The maximum atomic E-state index is 12.7. The summed E-state index contributed by atoms with van der Waals surface area (Å²) in [7, 11) is 0. The Morgan fingerprint density at radius 3 is 2.19 bits per heavy atom. The number of carboxylic acid groups (broad SMARTS) is 1. The van der Waals surface area contributed by atoms with Crippen molar-refractivity contribution in [3.63, 3.8) is 0 Å². The van der Waals surface area contributed by atoms with Crippen LogP contribution < -0.4 is 27.0 Å². The van der Waals surface area contributed by atoms with Gasteiger partial charge in [0.05, 0.1) is 12.6 Å². The number of aliphatic carboxylic acids is 1. The Balaban J connectivity index is 2.55. The van der Waals surface area contributed by atoms with Gasteiger partial charge in [-0.15, -0.1) is 0 Å². The molecule has 0 saturated carbocycles. The first-order valence-corrected chi connectivity index (χ1v) is 9.87. The summed E-state index contributed by atoms with van der Waals surface area (Å²) in [5.74, 6) is -4.01. The van der Waals surface area contributed by atoms with Crippen LogP contribution in [0.3, 0.4) is 0 Å². The zero-order valence-corrected chi connectivity index (χ0v) is 17.8. The number of nitrogens with two attached hydrogens (primary N) is 1. The second kappa shape index (κ2) is 11.8. The van der Waals surface area contributed by atoms with Crippen molar-refractivity contribution in [1.29, 1.82) is 0 Å². The Morgan fingerprint density at radius 1 is 0.968 bits per heavy atom. The number of carbonyl (C=O) groups is 6. The van der Waals surface area contributed by atoms with Crippen LogP contribution in [-0.4, -0.2) is 89.3 Å². The highest BCUT2D eigenvalue weighted by atomic mass is 16.4. The van der Waals surface area contributed by atoms with Crippen molar-refractivity contribution in [2.24, 2.45) is 5.73 Å². The number of carboxylic acids is 1. The maximum absolute atomic E-state index is 12.7. The van der Waals surface area contributed by atoms with Crippen LogP contribution in [0.2, 0.25) is 0 Å². The molecule has 0 aliphatic carbocycles. The molecule has 0 aromatic carbocycles. The van der Waals surface area contributed by atoms with Gasteiger partial charge in [-0.05, 0) is 33.6 Å². The molecule has 1 fully saturated rings. The predicted molar refractivity (Wildman–Crippen MR) is 107 cm³/mol. The van der Waals surface area contributed by atoms with Crippen molar-refractivity contribution < 1.29 is 33.9 Å². The van der Waals surface area contributed by atoms with Crippen LogP contribution in [-0.2, 0) is 28.8 Å². The average Bonchev–Trinajstić information content (AvgIpc) is 3.18. The number of amides is 5. The highest BCUT2D eigenvalue weighted by molar-refractivity contribution is 5.95. The van der Waals surface area contributed by atoms with Crippen molar-refractivity contribution in [3.05, 3.63) is 0 Å². The van der Waals surface area contributed by atoms with E-state index in [1.54, 1.807) is 0 Å². The van der Waals surface area contributed by atoms with E-state index in [0.29, 0.717) is 19.4 Å². The molecule has 1 aliphatic rings. The number of nitrogens with zero attached hydrogens (tertiary/aromatic N) is 1. The third kappa shape index (κ3) is 8.20. The van der Waals surface area contributed by atoms with E-state index in [2.05, 4.69) is 21.3 Å². The summed E-state index contributed by atoms with van der Waals surface area (Å²) in [5.41, 5.74) is 5.37. The van der Waals surface area contributed by atoms with E-state index in [-0.39, 0.29) is 6.54 Å². The van der Waals surface area contributed by atoms with E-state index < -0.39 is 66.2 Å². The summed E-state index contributed by atoms with van der Waals surface area (Å²) in [6.07, 6.45) is 0.953. The van der Waals surface area contributed by atoms with Gasteiger partial charge >= 0.3 is 5.97 Å². The lowest BCUT2D eigenvalue weighted by Gasteiger charge is -2.27. The molecule has 0 aromatic rings. The molecule has 7 N–H and O–H groups in total. The predicted octanol–water partition coefficient (Wildman–Crippen LogP) is -3.35. The fraction of sp³-hybridized carbons (Fsp3) is 0.667. The Labute approximate surface area is 179 Å². The molecular weight excluding hydrogens is 412 g/mol. The van der Waals surface area contributed by atoms with E-state index in [9.17, 15) is 28.8 Å². The Kier molecular flexibility index (Phi) is 9.86. The number of hydrogen-bond donors (Lipinski definition) is 6. The molecule has 0 bridgehead atoms. The van der Waals surface area contributed by atoms with Gasteiger partial charge in [-0.25, -0.2) is 0 Å². The van der Waals surface area contributed by atoms with Crippen LogP contribution in [0.4, 0.5) is 0 Å². The van der Waals surface area contributed by atoms with Gasteiger partial charge < -0.3 is 37.0 Å². The zero-order chi connectivity index (χ0) is 23.7. The standard InChI is InChI=1S/C18H30N6O7/c1-9(19)15(28)20-7-13(25)22-10(2)16(29)23-11(3)18(31)24-6-4-5-12(24)17(30)21-8-14(26)27/h9-12H,4-8,19H2,1-3H3,(H,20,28)(H,21,30)(H,22,25)(H,23,29)(H,26,27). The molecule has 4 atom stereocenters. The maximum Gasteiger partial charge on any atom is 0.322 e. The molecule has 5 amide bonds. The normalized spacial score (nSPS) is 18.3. The summed E-state index contributed by atoms with van der Waals surface area (Å²) in [6.45, 7) is 3.72. The number of hydrogen-bond acceptors (Lipinski definition) is 7.